The molecule has 10 nitrogen and oxygen atoms in total. The lowest BCUT2D eigenvalue weighted by Gasteiger charge is -2.35. The summed E-state index contributed by atoms with van der Waals surface area (Å²) in [5.41, 5.74) is 4.07. The Labute approximate surface area is 194 Å². The third-order valence-corrected chi connectivity index (χ3v) is 5.20. The van der Waals surface area contributed by atoms with E-state index in [1.54, 1.807) is 29.9 Å². The fourth-order valence-electron chi connectivity index (χ4n) is 3.56. The number of nitrogens with one attached hydrogen (secondary N) is 1. The van der Waals surface area contributed by atoms with E-state index in [2.05, 4.69) is 27.4 Å². The highest BCUT2D eigenvalue weighted by atomic mass is 127. The normalized spacial score (nSPS) is 14.8. The molecule has 0 spiro atoms. The number of ether oxygens (including phenoxy) is 1. The van der Waals surface area contributed by atoms with Gasteiger partial charge in [0.2, 0.25) is 5.91 Å². The average Bonchev–Trinajstić information content (AvgIpc) is 3.24. The molecule has 0 unspecified atom stereocenters. The van der Waals surface area contributed by atoms with Gasteiger partial charge in [0.1, 0.15) is 6.54 Å². The second-order valence-electron chi connectivity index (χ2n) is 7.11. The summed E-state index contributed by atoms with van der Waals surface area (Å²) in [6.45, 7) is 7.60. The Kier molecular flexibility index (Phi) is 8.65. The second kappa shape index (κ2) is 10.8. The van der Waals surface area contributed by atoms with E-state index < -0.39 is 0 Å². The number of carbonyl (C=O) groups excluding carboxylic acids is 1. The van der Waals surface area contributed by atoms with Gasteiger partial charge in [0, 0.05) is 58.3 Å². The molecule has 166 valence electrons. The molecular formula is C19H31IN8O2. The number of nitrogens with zero attached hydrogens (tertiary/aromatic N) is 7. The quantitative estimate of drug-likeness (QED) is 0.340. The molecule has 3 rings (SSSR count). The molecule has 11 heteroatoms. The molecule has 1 saturated heterocycles. The number of piperazine rings is 1. The molecule has 30 heavy (non-hydrogen) atoms. The topological polar surface area (TPSA) is 92.8 Å². The predicted octanol–water partition coefficient (Wildman–Crippen LogP) is 0.922. The van der Waals surface area contributed by atoms with Gasteiger partial charge in [0.15, 0.2) is 5.96 Å². The number of guanidine groups is 1. The van der Waals surface area contributed by atoms with Crippen LogP contribution >= 0.6 is 24.0 Å². The minimum absolute atomic E-state index is 0. The van der Waals surface area contributed by atoms with Crippen molar-refractivity contribution < 1.29 is 9.53 Å². The summed E-state index contributed by atoms with van der Waals surface area (Å²) in [7, 11) is 5.27. The molecule has 0 bridgehead atoms. The molecule has 0 aromatic carbocycles. The number of aliphatic imine (C=N–C) groups is 1. The van der Waals surface area contributed by atoms with Crippen molar-refractivity contribution >= 4 is 41.5 Å². The SMILES string of the molecule is CN=C(NCc1c(C)nn(CCOC)c1C)N1CCN(c2cnn(C)c2)C(=O)C1.I. The minimum Gasteiger partial charge on any atom is -0.383 e. The first kappa shape index (κ1) is 24.1. The first-order chi connectivity index (χ1) is 13.9. The van der Waals surface area contributed by atoms with E-state index in [0.717, 1.165) is 29.2 Å². The Morgan fingerprint density at radius 2 is 2.10 bits per heavy atom. The summed E-state index contributed by atoms with van der Waals surface area (Å²) < 4.78 is 8.82. The van der Waals surface area contributed by atoms with Crippen LogP contribution in [0, 0.1) is 13.8 Å². The number of aromatic nitrogens is 4. The van der Waals surface area contributed by atoms with E-state index in [1.807, 2.05) is 29.7 Å². The number of hydrogen-bond donors (Lipinski definition) is 1. The zero-order valence-corrected chi connectivity index (χ0v) is 20.6. The number of anilines is 1. The van der Waals surface area contributed by atoms with Gasteiger partial charge in [-0.05, 0) is 13.8 Å². The monoisotopic (exact) mass is 530 g/mol. The number of aryl methyl sites for hydroxylation is 2. The average molecular weight is 530 g/mol. The zero-order valence-electron chi connectivity index (χ0n) is 18.3. The summed E-state index contributed by atoms with van der Waals surface area (Å²) in [6.07, 6.45) is 3.57. The maximum Gasteiger partial charge on any atom is 0.246 e. The van der Waals surface area contributed by atoms with E-state index in [-0.39, 0.29) is 36.4 Å². The van der Waals surface area contributed by atoms with E-state index in [1.165, 1.54) is 0 Å². The van der Waals surface area contributed by atoms with Gasteiger partial charge in [0.05, 0.1) is 30.7 Å². The van der Waals surface area contributed by atoms with Crippen LogP contribution in [0.1, 0.15) is 17.0 Å². The lowest BCUT2D eigenvalue weighted by Crippen LogP contribution is -2.55. The van der Waals surface area contributed by atoms with Gasteiger partial charge in [-0.25, -0.2) is 0 Å². The number of halogens is 1. The maximum atomic E-state index is 12.7. The molecule has 0 radical (unpaired) electrons. The number of hydrogen-bond acceptors (Lipinski definition) is 5. The lowest BCUT2D eigenvalue weighted by molar-refractivity contribution is -0.120. The molecule has 3 heterocycles. The molecule has 1 amide bonds. The summed E-state index contributed by atoms with van der Waals surface area (Å²) >= 11 is 0. The van der Waals surface area contributed by atoms with Gasteiger partial charge in [-0.2, -0.15) is 10.2 Å². The van der Waals surface area contributed by atoms with E-state index in [0.29, 0.717) is 32.2 Å². The van der Waals surface area contributed by atoms with Crippen LogP contribution in [0.25, 0.3) is 0 Å². The minimum atomic E-state index is 0. The Balaban J connectivity index is 0.00000320. The Morgan fingerprint density at radius 3 is 2.70 bits per heavy atom. The van der Waals surface area contributed by atoms with Crippen molar-refractivity contribution in [1.29, 1.82) is 0 Å². The van der Waals surface area contributed by atoms with Gasteiger partial charge in [-0.3, -0.25) is 19.2 Å². The van der Waals surface area contributed by atoms with Crippen LogP contribution in [0.3, 0.4) is 0 Å². The molecule has 1 aliphatic rings. The molecule has 1 fully saturated rings. The largest absolute Gasteiger partial charge is 0.383 e. The molecule has 1 N–H and O–H groups in total. The highest BCUT2D eigenvalue weighted by molar-refractivity contribution is 14.0. The van der Waals surface area contributed by atoms with Gasteiger partial charge in [0.25, 0.3) is 0 Å². The third kappa shape index (κ3) is 5.31. The molecule has 0 atom stereocenters. The van der Waals surface area contributed by atoms with Crippen LogP contribution in [0.2, 0.25) is 0 Å². The van der Waals surface area contributed by atoms with Crippen LogP contribution in [0.5, 0.6) is 0 Å². The predicted molar refractivity (Wildman–Crippen MR) is 126 cm³/mol. The Hall–Kier alpha value is -2.15. The van der Waals surface area contributed by atoms with Crippen molar-refractivity contribution in [3.63, 3.8) is 0 Å². The van der Waals surface area contributed by atoms with E-state index in [9.17, 15) is 4.79 Å². The third-order valence-electron chi connectivity index (χ3n) is 5.20. The first-order valence-corrected chi connectivity index (χ1v) is 9.71. The van der Waals surface area contributed by atoms with Crippen LogP contribution in [-0.2, 0) is 29.7 Å². The maximum absolute atomic E-state index is 12.7. The molecule has 0 aliphatic carbocycles. The summed E-state index contributed by atoms with van der Waals surface area (Å²) in [6, 6.07) is 0. The van der Waals surface area contributed by atoms with E-state index in [4.69, 9.17) is 4.74 Å². The molecule has 2 aromatic rings. The first-order valence-electron chi connectivity index (χ1n) is 9.71. The van der Waals surface area contributed by atoms with Crippen LogP contribution < -0.4 is 10.2 Å². The highest BCUT2D eigenvalue weighted by Gasteiger charge is 2.27. The standard InChI is InChI=1S/C19H30N8O2.HI/c1-14-17(15(2)27(23-14)8-9-29-5)11-21-19(20-3)25-6-7-26(18(28)13-25)16-10-22-24(4)12-16;/h10,12H,6-9,11,13H2,1-5H3,(H,20,21);1H. The lowest BCUT2D eigenvalue weighted by atomic mass is 10.2. The van der Waals surface area contributed by atoms with Crippen molar-refractivity contribution in [2.24, 2.45) is 12.0 Å². The highest BCUT2D eigenvalue weighted by Crippen LogP contribution is 2.17. The van der Waals surface area contributed by atoms with Gasteiger partial charge >= 0.3 is 0 Å². The van der Waals surface area contributed by atoms with Crippen molar-refractivity contribution in [1.82, 2.24) is 29.8 Å². The molecule has 2 aromatic heterocycles. The van der Waals surface area contributed by atoms with Crippen molar-refractivity contribution in [2.75, 3.05) is 45.3 Å². The van der Waals surface area contributed by atoms with Crippen LogP contribution in [-0.4, -0.2) is 76.7 Å². The molecular weight excluding hydrogens is 499 g/mol. The molecule has 0 saturated carbocycles. The number of rotatable bonds is 6. The smallest absolute Gasteiger partial charge is 0.246 e. The van der Waals surface area contributed by atoms with Crippen LogP contribution in [0.15, 0.2) is 17.4 Å². The van der Waals surface area contributed by atoms with Crippen LogP contribution in [0.4, 0.5) is 5.69 Å². The van der Waals surface area contributed by atoms with Crippen molar-refractivity contribution in [3.05, 3.63) is 29.3 Å². The zero-order chi connectivity index (χ0) is 21.0. The Morgan fingerprint density at radius 1 is 1.33 bits per heavy atom. The number of methoxy groups -OCH3 is 1. The number of carbonyl (C=O) groups is 1. The summed E-state index contributed by atoms with van der Waals surface area (Å²) in [4.78, 5) is 20.8. The number of amides is 1. The fourth-order valence-corrected chi connectivity index (χ4v) is 3.56. The van der Waals surface area contributed by atoms with Crippen molar-refractivity contribution in [3.8, 4) is 0 Å². The Bertz CT molecular complexity index is 891. The van der Waals surface area contributed by atoms with Gasteiger partial charge < -0.3 is 19.9 Å². The van der Waals surface area contributed by atoms with E-state index >= 15 is 0 Å². The summed E-state index contributed by atoms with van der Waals surface area (Å²) in [5.74, 6) is 0.750. The molecule has 1 aliphatic heterocycles. The second-order valence-corrected chi connectivity index (χ2v) is 7.11. The van der Waals surface area contributed by atoms with Gasteiger partial charge in [-0.1, -0.05) is 0 Å². The fraction of sp³-hybridized carbons (Fsp3) is 0.579. The van der Waals surface area contributed by atoms with Crippen molar-refractivity contribution in [2.45, 2.75) is 26.9 Å². The van der Waals surface area contributed by atoms with Gasteiger partial charge in [-0.15, -0.1) is 24.0 Å². The summed E-state index contributed by atoms with van der Waals surface area (Å²) in [5, 5.41) is 12.1.